The molecule has 0 fully saturated rings. The molecule has 0 aliphatic carbocycles. The van der Waals surface area contributed by atoms with Crippen molar-refractivity contribution in [3.63, 3.8) is 0 Å². The summed E-state index contributed by atoms with van der Waals surface area (Å²) >= 11 is 0. The summed E-state index contributed by atoms with van der Waals surface area (Å²) in [6, 6.07) is 0. The van der Waals surface area contributed by atoms with Gasteiger partial charge in [-0.2, -0.15) is 0 Å². The van der Waals surface area contributed by atoms with Gasteiger partial charge in [0.05, 0.1) is 0 Å². The van der Waals surface area contributed by atoms with E-state index < -0.39 is 18.0 Å². The van der Waals surface area contributed by atoms with Crippen LogP contribution in [0.3, 0.4) is 0 Å². The molecule has 0 N–H and O–H groups in total. The molecule has 0 saturated heterocycles. The van der Waals surface area contributed by atoms with Crippen LogP contribution in [0, 0.1) is 0 Å². The molecule has 1 atom stereocenters. The third-order valence-electron chi connectivity index (χ3n) is 3.21. The zero-order valence-corrected chi connectivity index (χ0v) is 13.4. The smallest absolute Gasteiger partial charge is 0.330 e. The van der Waals surface area contributed by atoms with Crippen molar-refractivity contribution in [3.8, 4) is 0 Å². The molecule has 0 aromatic carbocycles. The first kappa shape index (κ1) is 20.2. The second kappa shape index (κ2) is 14.1. The lowest BCUT2D eigenvalue weighted by Gasteiger charge is -2.16. The molecule has 22 heavy (non-hydrogen) atoms. The third-order valence-corrected chi connectivity index (χ3v) is 3.21. The zero-order valence-electron chi connectivity index (χ0n) is 13.4. The predicted octanol–water partition coefficient (Wildman–Crippen LogP) is 4.12. The summed E-state index contributed by atoms with van der Waals surface area (Å²) in [5.41, 5.74) is 0. The first-order chi connectivity index (χ1) is 10.6. The Hall–Kier alpha value is -1.84. The first-order valence-corrected chi connectivity index (χ1v) is 7.87. The van der Waals surface area contributed by atoms with Gasteiger partial charge in [0.1, 0.15) is 12.7 Å². The molecule has 0 heterocycles. The Morgan fingerprint density at radius 1 is 0.864 bits per heavy atom. The maximum absolute atomic E-state index is 11.3. The van der Waals surface area contributed by atoms with Gasteiger partial charge in [0.25, 0.3) is 0 Å². The largest absolute Gasteiger partial charge is 0.459 e. The van der Waals surface area contributed by atoms with Gasteiger partial charge < -0.3 is 9.47 Å². The minimum Gasteiger partial charge on any atom is -0.459 e. The fourth-order valence-electron chi connectivity index (χ4n) is 1.99. The van der Waals surface area contributed by atoms with Gasteiger partial charge in [0.15, 0.2) is 0 Å². The number of ether oxygens (including phenoxy) is 2. The number of hydrogen-bond donors (Lipinski definition) is 0. The molecule has 0 radical (unpaired) electrons. The summed E-state index contributed by atoms with van der Waals surface area (Å²) in [5, 5.41) is 0. The van der Waals surface area contributed by atoms with Gasteiger partial charge in [-0.3, -0.25) is 0 Å². The maximum Gasteiger partial charge on any atom is 0.330 e. The number of carbonyl (C=O) groups is 2. The van der Waals surface area contributed by atoms with Crippen LogP contribution in [-0.4, -0.2) is 24.6 Å². The minimum absolute atomic E-state index is 0.0593. The molecule has 0 aliphatic heterocycles. The molecule has 0 aliphatic rings. The monoisotopic (exact) mass is 308 g/mol. The first-order valence-electron chi connectivity index (χ1n) is 7.87. The van der Waals surface area contributed by atoms with Gasteiger partial charge in [0.2, 0.25) is 0 Å². The molecular formula is C18H28O4. The molecule has 0 aromatic heterocycles. The number of carbonyl (C=O) groups excluding carboxylic acids is 2. The Labute approximate surface area is 133 Å². The highest BCUT2D eigenvalue weighted by Gasteiger charge is 2.14. The summed E-state index contributed by atoms with van der Waals surface area (Å²) in [6.07, 6.45) is 12.3. The number of hydrogen-bond acceptors (Lipinski definition) is 4. The molecule has 0 spiro atoms. The lowest BCUT2D eigenvalue weighted by atomic mass is 10.1. The second-order valence-electron chi connectivity index (χ2n) is 5.08. The molecule has 4 nitrogen and oxygen atoms in total. The SMILES string of the molecule is C=CCCCCCCCCC(COC(=O)C=C)OC(=O)C=C. The fraction of sp³-hybridized carbons (Fsp3) is 0.556. The van der Waals surface area contributed by atoms with E-state index in [0.29, 0.717) is 6.42 Å². The van der Waals surface area contributed by atoms with Crippen molar-refractivity contribution in [3.05, 3.63) is 38.0 Å². The van der Waals surface area contributed by atoms with Crippen LogP contribution in [-0.2, 0) is 19.1 Å². The molecular weight excluding hydrogens is 280 g/mol. The summed E-state index contributed by atoms with van der Waals surface area (Å²) in [5.74, 6) is -1.01. The zero-order chi connectivity index (χ0) is 16.6. The van der Waals surface area contributed by atoms with E-state index in [1.54, 1.807) is 0 Å². The van der Waals surface area contributed by atoms with Gasteiger partial charge in [-0.05, 0) is 25.7 Å². The Balaban J connectivity index is 3.88. The van der Waals surface area contributed by atoms with Crippen molar-refractivity contribution >= 4 is 11.9 Å². The summed E-state index contributed by atoms with van der Waals surface area (Å²) in [6.45, 7) is 10.5. The lowest BCUT2D eigenvalue weighted by Crippen LogP contribution is -2.24. The van der Waals surface area contributed by atoms with Crippen LogP contribution in [0.1, 0.15) is 51.4 Å². The van der Waals surface area contributed by atoms with E-state index in [1.807, 2.05) is 6.08 Å². The van der Waals surface area contributed by atoms with Gasteiger partial charge in [-0.15, -0.1) is 6.58 Å². The highest BCUT2D eigenvalue weighted by molar-refractivity contribution is 5.82. The number of esters is 2. The highest BCUT2D eigenvalue weighted by Crippen LogP contribution is 2.12. The van der Waals surface area contributed by atoms with E-state index in [1.165, 1.54) is 19.3 Å². The van der Waals surface area contributed by atoms with Crippen molar-refractivity contribution in [2.24, 2.45) is 0 Å². The van der Waals surface area contributed by atoms with Crippen LogP contribution in [0.4, 0.5) is 0 Å². The molecule has 0 saturated carbocycles. The highest BCUT2D eigenvalue weighted by atomic mass is 16.6. The lowest BCUT2D eigenvalue weighted by molar-refractivity contribution is -0.153. The van der Waals surface area contributed by atoms with E-state index in [2.05, 4.69) is 19.7 Å². The quantitative estimate of drug-likeness (QED) is 0.210. The van der Waals surface area contributed by atoms with Crippen LogP contribution >= 0.6 is 0 Å². The summed E-state index contributed by atoms with van der Waals surface area (Å²) in [4.78, 5) is 22.3. The predicted molar refractivity (Wildman–Crippen MR) is 88.4 cm³/mol. The van der Waals surface area contributed by atoms with Crippen molar-refractivity contribution < 1.29 is 19.1 Å². The molecule has 1 unspecified atom stereocenters. The number of unbranched alkanes of at least 4 members (excludes halogenated alkanes) is 6. The standard InChI is InChI=1S/C18H28O4/c1-4-7-8-9-10-11-12-13-14-16(22-18(20)6-3)15-21-17(19)5-2/h4-6,16H,1-3,7-15H2. The average Bonchev–Trinajstić information content (AvgIpc) is 2.54. The van der Waals surface area contributed by atoms with Crippen LogP contribution in [0.25, 0.3) is 0 Å². The maximum atomic E-state index is 11.3. The van der Waals surface area contributed by atoms with Crippen LogP contribution in [0.5, 0.6) is 0 Å². The molecule has 0 aromatic rings. The molecule has 124 valence electrons. The van der Waals surface area contributed by atoms with Gasteiger partial charge in [0, 0.05) is 12.2 Å². The van der Waals surface area contributed by atoms with Gasteiger partial charge in [-0.1, -0.05) is 44.9 Å². The number of allylic oxidation sites excluding steroid dienone is 1. The van der Waals surface area contributed by atoms with Crippen molar-refractivity contribution in [2.45, 2.75) is 57.5 Å². The minimum atomic E-state index is -0.512. The van der Waals surface area contributed by atoms with Crippen molar-refractivity contribution in [1.82, 2.24) is 0 Å². The van der Waals surface area contributed by atoms with Crippen molar-refractivity contribution in [2.75, 3.05) is 6.61 Å². The third kappa shape index (κ3) is 11.9. The number of rotatable bonds is 14. The van der Waals surface area contributed by atoms with Crippen LogP contribution < -0.4 is 0 Å². The molecule has 0 amide bonds. The Bertz CT molecular complexity index is 360. The van der Waals surface area contributed by atoms with E-state index in [9.17, 15) is 9.59 Å². The van der Waals surface area contributed by atoms with E-state index in [0.717, 1.165) is 37.8 Å². The Kier molecular flexibility index (Phi) is 12.9. The molecule has 4 heteroatoms. The normalized spacial score (nSPS) is 11.3. The van der Waals surface area contributed by atoms with Crippen molar-refractivity contribution in [1.29, 1.82) is 0 Å². The van der Waals surface area contributed by atoms with Crippen LogP contribution in [0.2, 0.25) is 0 Å². The topological polar surface area (TPSA) is 52.6 Å². The van der Waals surface area contributed by atoms with E-state index >= 15 is 0 Å². The van der Waals surface area contributed by atoms with Gasteiger partial charge >= 0.3 is 11.9 Å². The molecule has 0 rings (SSSR count). The van der Waals surface area contributed by atoms with E-state index in [-0.39, 0.29) is 6.61 Å². The van der Waals surface area contributed by atoms with Gasteiger partial charge in [-0.25, -0.2) is 9.59 Å². The second-order valence-corrected chi connectivity index (χ2v) is 5.08. The Morgan fingerprint density at radius 3 is 2.05 bits per heavy atom. The summed E-state index contributed by atoms with van der Waals surface area (Å²) in [7, 11) is 0. The van der Waals surface area contributed by atoms with E-state index in [4.69, 9.17) is 9.47 Å². The summed E-state index contributed by atoms with van der Waals surface area (Å²) < 4.78 is 10.1. The average molecular weight is 308 g/mol. The molecule has 0 bridgehead atoms. The van der Waals surface area contributed by atoms with Crippen LogP contribution in [0.15, 0.2) is 38.0 Å². The Morgan fingerprint density at radius 2 is 1.45 bits per heavy atom. The fourth-order valence-corrected chi connectivity index (χ4v) is 1.99.